The Bertz CT molecular complexity index is 333. The highest BCUT2D eigenvalue weighted by atomic mass is 32.2. The fraction of sp³-hybridized carbons (Fsp3) is 0.333. The van der Waals surface area contributed by atoms with E-state index in [0.717, 1.165) is 12.3 Å². The average Bonchev–Trinajstić information content (AvgIpc) is 1.92. The van der Waals surface area contributed by atoms with Crippen LogP contribution in [-0.2, 0) is 10.1 Å². The molecule has 0 aromatic rings. The number of rotatable bonds is 1. The Kier molecular flexibility index (Phi) is 2.20. The lowest BCUT2D eigenvalue weighted by Crippen LogP contribution is -2.32. The maximum Gasteiger partial charge on any atom is 0.292 e. The first kappa shape index (κ1) is 9.21. The summed E-state index contributed by atoms with van der Waals surface area (Å²) in [5.41, 5.74) is 0.589. The molecule has 1 heterocycles. The molecule has 1 aliphatic rings. The summed E-state index contributed by atoms with van der Waals surface area (Å²) < 4.78 is 42.3. The van der Waals surface area contributed by atoms with Gasteiger partial charge in [0.2, 0.25) is 5.37 Å². The molecule has 0 aromatic heterocycles. The lowest BCUT2D eigenvalue weighted by molar-refractivity contribution is 0.0828. The van der Waals surface area contributed by atoms with Crippen molar-refractivity contribution in [2.45, 2.75) is 12.3 Å². The zero-order valence-corrected chi connectivity index (χ0v) is 7.12. The van der Waals surface area contributed by atoms with Gasteiger partial charge in [-0.2, -0.15) is 13.5 Å². The van der Waals surface area contributed by atoms with Gasteiger partial charge in [0.1, 0.15) is 0 Å². The molecule has 0 radical (unpaired) electrons. The highest BCUT2D eigenvalue weighted by Crippen LogP contribution is 2.17. The largest absolute Gasteiger partial charge is 0.292 e. The standard InChI is InChI=1S/C6H8FNO3S/c1-5-2-3-8(7)6(4-5)12(9,10)11/h2-4,6H,1H3,(H,9,10,11). The molecule has 68 valence electrons. The van der Waals surface area contributed by atoms with Crippen molar-refractivity contribution in [1.82, 2.24) is 5.12 Å². The molecule has 6 heteroatoms. The number of allylic oxidation sites excluding steroid dienone is 2. The minimum absolute atomic E-state index is 0.0671. The van der Waals surface area contributed by atoms with Crippen molar-refractivity contribution in [3.63, 3.8) is 0 Å². The summed E-state index contributed by atoms with van der Waals surface area (Å²) in [5.74, 6) is 0. The summed E-state index contributed by atoms with van der Waals surface area (Å²) in [6.07, 6.45) is 3.48. The predicted molar refractivity (Wildman–Crippen MR) is 41.2 cm³/mol. The van der Waals surface area contributed by atoms with Crippen LogP contribution in [-0.4, -0.2) is 23.5 Å². The van der Waals surface area contributed by atoms with E-state index in [4.69, 9.17) is 4.55 Å². The van der Waals surface area contributed by atoms with Crippen molar-refractivity contribution in [2.75, 3.05) is 0 Å². The van der Waals surface area contributed by atoms with Gasteiger partial charge in [0.25, 0.3) is 10.1 Å². The zero-order valence-electron chi connectivity index (χ0n) is 6.31. The molecule has 1 atom stereocenters. The zero-order chi connectivity index (χ0) is 9.35. The van der Waals surface area contributed by atoms with Crippen LogP contribution in [0.25, 0.3) is 0 Å². The van der Waals surface area contributed by atoms with E-state index in [-0.39, 0.29) is 5.12 Å². The predicted octanol–water partition coefficient (Wildman–Crippen LogP) is 0.860. The molecule has 0 amide bonds. The van der Waals surface area contributed by atoms with Crippen molar-refractivity contribution in [2.24, 2.45) is 0 Å². The van der Waals surface area contributed by atoms with Gasteiger partial charge in [-0.05, 0) is 19.1 Å². The Morgan fingerprint density at radius 3 is 2.67 bits per heavy atom. The molecular weight excluding hydrogens is 185 g/mol. The van der Waals surface area contributed by atoms with Gasteiger partial charge in [0.15, 0.2) is 0 Å². The van der Waals surface area contributed by atoms with Gasteiger partial charge in [0, 0.05) is 6.20 Å². The Morgan fingerprint density at radius 1 is 1.67 bits per heavy atom. The van der Waals surface area contributed by atoms with Crippen LogP contribution >= 0.6 is 0 Å². The first-order valence-corrected chi connectivity index (χ1v) is 4.68. The Hall–Kier alpha value is -0.880. The number of hydrogen-bond acceptors (Lipinski definition) is 3. The van der Waals surface area contributed by atoms with Crippen LogP contribution in [0.2, 0.25) is 0 Å². The van der Waals surface area contributed by atoms with Gasteiger partial charge >= 0.3 is 0 Å². The van der Waals surface area contributed by atoms with E-state index < -0.39 is 15.5 Å². The summed E-state index contributed by atoms with van der Waals surface area (Å²) in [4.78, 5) is 0. The van der Waals surface area contributed by atoms with E-state index in [1.165, 1.54) is 6.08 Å². The summed E-state index contributed by atoms with van der Waals surface area (Å²) in [7, 11) is -4.38. The third kappa shape index (κ3) is 1.83. The maximum absolute atomic E-state index is 12.7. The summed E-state index contributed by atoms with van der Waals surface area (Å²) in [6.45, 7) is 1.61. The molecule has 0 bridgehead atoms. The smallest absolute Gasteiger partial charge is 0.284 e. The van der Waals surface area contributed by atoms with Crippen LogP contribution in [0.15, 0.2) is 23.9 Å². The van der Waals surface area contributed by atoms with E-state index in [1.807, 2.05) is 0 Å². The summed E-state index contributed by atoms with van der Waals surface area (Å²) in [5, 5.41) is -1.68. The van der Waals surface area contributed by atoms with E-state index in [1.54, 1.807) is 6.92 Å². The minimum Gasteiger partial charge on any atom is -0.284 e. The van der Waals surface area contributed by atoms with Crippen LogP contribution in [0.3, 0.4) is 0 Å². The third-order valence-corrected chi connectivity index (χ3v) is 2.38. The van der Waals surface area contributed by atoms with Gasteiger partial charge in [-0.1, -0.05) is 10.1 Å². The van der Waals surface area contributed by atoms with Crippen molar-refractivity contribution in [3.05, 3.63) is 23.9 Å². The highest BCUT2D eigenvalue weighted by molar-refractivity contribution is 7.86. The van der Waals surface area contributed by atoms with E-state index in [9.17, 15) is 12.9 Å². The van der Waals surface area contributed by atoms with Crippen LogP contribution in [0.1, 0.15) is 6.92 Å². The second-order valence-corrected chi connectivity index (χ2v) is 3.99. The Labute approximate surface area is 69.7 Å². The van der Waals surface area contributed by atoms with Crippen molar-refractivity contribution in [1.29, 1.82) is 0 Å². The van der Waals surface area contributed by atoms with Crippen LogP contribution in [0, 0.1) is 0 Å². The molecule has 4 nitrogen and oxygen atoms in total. The molecule has 1 aliphatic heterocycles. The van der Waals surface area contributed by atoms with E-state index in [0.29, 0.717) is 5.57 Å². The molecule has 0 saturated heterocycles. The summed E-state index contributed by atoms with van der Waals surface area (Å²) >= 11 is 0. The molecule has 0 aromatic carbocycles. The molecule has 12 heavy (non-hydrogen) atoms. The molecular formula is C6H8FNO3S. The summed E-state index contributed by atoms with van der Waals surface area (Å²) in [6, 6.07) is 0. The first-order chi connectivity index (χ1) is 5.41. The molecule has 1 N–H and O–H groups in total. The highest BCUT2D eigenvalue weighted by Gasteiger charge is 2.28. The molecule has 0 saturated carbocycles. The lowest BCUT2D eigenvalue weighted by Gasteiger charge is -2.19. The normalized spacial score (nSPS) is 24.1. The first-order valence-electron chi connectivity index (χ1n) is 3.18. The second kappa shape index (κ2) is 2.87. The van der Waals surface area contributed by atoms with Gasteiger partial charge in [0.05, 0.1) is 0 Å². The van der Waals surface area contributed by atoms with Gasteiger partial charge in [-0.3, -0.25) is 4.55 Å². The van der Waals surface area contributed by atoms with Crippen molar-refractivity contribution in [3.8, 4) is 0 Å². The molecule has 0 spiro atoms. The van der Waals surface area contributed by atoms with Crippen molar-refractivity contribution >= 4 is 10.1 Å². The van der Waals surface area contributed by atoms with Gasteiger partial charge in [-0.25, -0.2) is 0 Å². The maximum atomic E-state index is 12.7. The van der Waals surface area contributed by atoms with Crippen LogP contribution in [0.5, 0.6) is 0 Å². The quantitative estimate of drug-likeness (QED) is 0.495. The Morgan fingerprint density at radius 2 is 2.25 bits per heavy atom. The van der Waals surface area contributed by atoms with Gasteiger partial charge in [-0.15, -0.1) is 0 Å². The molecule has 1 rings (SSSR count). The van der Waals surface area contributed by atoms with Crippen LogP contribution < -0.4 is 0 Å². The van der Waals surface area contributed by atoms with E-state index in [2.05, 4.69) is 0 Å². The molecule has 0 aliphatic carbocycles. The average molecular weight is 193 g/mol. The number of nitrogens with zero attached hydrogens (tertiary/aromatic N) is 1. The molecule has 0 fully saturated rings. The minimum atomic E-state index is -4.38. The Balaban J connectivity index is 3.01. The third-order valence-electron chi connectivity index (χ3n) is 1.43. The number of hydrogen-bond donors (Lipinski definition) is 1. The van der Waals surface area contributed by atoms with Crippen molar-refractivity contribution < 1.29 is 17.5 Å². The fourth-order valence-electron chi connectivity index (χ4n) is 0.838. The fourth-order valence-corrected chi connectivity index (χ4v) is 1.55. The SMILES string of the molecule is CC1=CC(S(=O)(=O)O)N(F)C=C1. The topological polar surface area (TPSA) is 57.6 Å². The molecule has 1 unspecified atom stereocenters. The second-order valence-electron chi connectivity index (χ2n) is 2.48. The monoisotopic (exact) mass is 193 g/mol. The number of halogens is 1. The lowest BCUT2D eigenvalue weighted by atomic mass is 10.2. The van der Waals surface area contributed by atoms with Crippen LogP contribution in [0.4, 0.5) is 4.48 Å². The van der Waals surface area contributed by atoms with Gasteiger partial charge < -0.3 is 0 Å². The van der Waals surface area contributed by atoms with E-state index >= 15 is 0 Å².